The lowest BCUT2D eigenvalue weighted by Gasteiger charge is -2.05. The van der Waals surface area contributed by atoms with E-state index in [1.54, 1.807) is 24.4 Å². The van der Waals surface area contributed by atoms with Gasteiger partial charge in [0.25, 0.3) is 5.22 Å². The minimum absolute atomic E-state index is 0.0645. The van der Waals surface area contributed by atoms with Gasteiger partial charge in [-0.1, -0.05) is 17.8 Å². The zero-order valence-electron chi connectivity index (χ0n) is 12.4. The normalized spacial score (nSPS) is 10.7. The zero-order chi connectivity index (χ0) is 17.8. The number of anilines is 1. The van der Waals surface area contributed by atoms with Crippen LogP contribution in [0, 0.1) is 5.82 Å². The largest absolute Gasteiger partial charge is 0.411 e. The fraction of sp³-hybridized carbons (Fsp3) is 0.0667. The fourth-order valence-electron chi connectivity index (χ4n) is 1.81. The third kappa shape index (κ3) is 4.86. The van der Waals surface area contributed by atoms with E-state index in [9.17, 15) is 9.18 Å². The Morgan fingerprint density at radius 2 is 2.12 bits per heavy atom. The number of nitrogens with one attached hydrogen (secondary N) is 1. The first-order valence-corrected chi connectivity index (χ1v) is 9.41. The molecule has 2 heterocycles. The molecular formula is C15H9Br2FN4O2S. The molecule has 25 heavy (non-hydrogen) atoms. The Morgan fingerprint density at radius 3 is 2.88 bits per heavy atom. The van der Waals surface area contributed by atoms with Crippen molar-refractivity contribution in [2.75, 3.05) is 11.1 Å². The Hall–Kier alpha value is -1.78. The number of thioether (sulfide) groups is 1. The zero-order valence-corrected chi connectivity index (χ0v) is 16.4. The number of aromatic nitrogens is 3. The summed E-state index contributed by atoms with van der Waals surface area (Å²) >= 11 is 7.69. The third-order valence-electron chi connectivity index (χ3n) is 2.87. The number of hydrogen-bond acceptors (Lipinski definition) is 6. The first-order chi connectivity index (χ1) is 12.0. The van der Waals surface area contributed by atoms with E-state index in [0.29, 0.717) is 15.9 Å². The quantitative estimate of drug-likeness (QED) is 0.532. The van der Waals surface area contributed by atoms with Gasteiger partial charge in [0, 0.05) is 16.2 Å². The molecule has 1 N–H and O–H groups in total. The highest BCUT2D eigenvalue weighted by atomic mass is 79.9. The third-order valence-corrected chi connectivity index (χ3v) is 4.73. The highest BCUT2D eigenvalue weighted by molar-refractivity contribution is 9.11. The Kier molecular flexibility index (Phi) is 5.82. The summed E-state index contributed by atoms with van der Waals surface area (Å²) in [7, 11) is 0. The summed E-state index contributed by atoms with van der Waals surface area (Å²) in [4.78, 5) is 16.1. The Bertz CT molecular complexity index is 922. The molecule has 0 saturated carbocycles. The highest BCUT2D eigenvalue weighted by Gasteiger charge is 2.13. The summed E-state index contributed by atoms with van der Waals surface area (Å²) in [6.07, 6.45) is 1.58. The Labute approximate surface area is 162 Å². The molecule has 0 spiro atoms. The van der Waals surface area contributed by atoms with Gasteiger partial charge in [-0.15, -0.1) is 10.2 Å². The van der Waals surface area contributed by atoms with Gasteiger partial charge in [-0.05, 0) is 56.1 Å². The lowest BCUT2D eigenvalue weighted by atomic mass is 10.2. The van der Waals surface area contributed by atoms with Crippen LogP contribution in [0.5, 0.6) is 0 Å². The van der Waals surface area contributed by atoms with Crippen LogP contribution < -0.4 is 5.32 Å². The molecule has 128 valence electrons. The first-order valence-electron chi connectivity index (χ1n) is 6.84. The van der Waals surface area contributed by atoms with Crippen LogP contribution in [0.3, 0.4) is 0 Å². The van der Waals surface area contributed by atoms with E-state index < -0.39 is 5.82 Å². The number of rotatable bonds is 5. The standard InChI is InChI=1S/C15H9Br2FN4O2S/c16-9-5-11(17)13(19-6-9)20-12(23)7-25-15-22-21-14(24-15)8-2-1-3-10(18)4-8/h1-6H,7H2,(H,19,20,23). The number of carbonyl (C=O) groups is 1. The molecule has 10 heteroatoms. The van der Waals surface area contributed by atoms with Gasteiger partial charge < -0.3 is 9.73 Å². The summed E-state index contributed by atoms with van der Waals surface area (Å²) in [5.74, 6) is 0.0111. The molecule has 0 aliphatic rings. The van der Waals surface area contributed by atoms with E-state index in [2.05, 4.69) is 52.4 Å². The van der Waals surface area contributed by atoms with Crippen molar-refractivity contribution < 1.29 is 13.6 Å². The van der Waals surface area contributed by atoms with Gasteiger partial charge in [-0.2, -0.15) is 0 Å². The van der Waals surface area contributed by atoms with Crippen molar-refractivity contribution in [2.45, 2.75) is 5.22 Å². The monoisotopic (exact) mass is 486 g/mol. The molecule has 3 aromatic rings. The van der Waals surface area contributed by atoms with Crippen LogP contribution in [-0.2, 0) is 4.79 Å². The van der Waals surface area contributed by atoms with Crippen LogP contribution >= 0.6 is 43.6 Å². The lowest BCUT2D eigenvalue weighted by Crippen LogP contribution is -2.15. The molecule has 3 rings (SSSR count). The van der Waals surface area contributed by atoms with Gasteiger partial charge in [-0.3, -0.25) is 4.79 Å². The van der Waals surface area contributed by atoms with Gasteiger partial charge >= 0.3 is 0 Å². The van der Waals surface area contributed by atoms with Crippen LogP contribution in [0.15, 0.2) is 55.1 Å². The number of pyridine rings is 1. The van der Waals surface area contributed by atoms with Gasteiger partial charge in [0.05, 0.1) is 10.2 Å². The molecule has 0 aliphatic heterocycles. The lowest BCUT2D eigenvalue weighted by molar-refractivity contribution is -0.113. The van der Waals surface area contributed by atoms with Crippen LogP contribution in [0.4, 0.5) is 10.2 Å². The average Bonchev–Trinajstić information content (AvgIpc) is 3.05. The maximum Gasteiger partial charge on any atom is 0.277 e. The Balaban J connectivity index is 1.59. The first kappa shape index (κ1) is 18.0. The maximum absolute atomic E-state index is 13.2. The number of amides is 1. The number of benzene rings is 1. The molecule has 0 radical (unpaired) electrons. The molecular weight excluding hydrogens is 479 g/mol. The Morgan fingerprint density at radius 1 is 1.28 bits per heavy atom. The molecule has 1 amide bonds. The van der Waals surface area contributed by atoms with Crippen LogP contribution in [0.25, 0.3) is 11.5 Å². The van der Waals surface area contributed by atoms with E-state index in [-0.39, 0.29) is 22.8 Å². The van der Waals surface area contributed by atoms with Crippen LogP contribution in [-0.4, -0.2) is 26.8 Å². The molecule has 0 aliphatic carbocycles. The van der Waals surface area contributed by atoms with E-state index in [0.717, 1.165) is 16.2 Å². The van der Waals surface area contributed by atoms with Crippen molar-refractivity contribution in [1.29, 1.82) is 0 Å². The molecule has 0 bridgehead atoms. The maximum atomic E-state index is 13.2. The van der Waals surface area contributed by atoms with E-state index >= 15 is 0 Å². The molecule has 0 unspecified atom stereocenters. The molecule has 0 saturated heterocycles. The van der Waals surface area contributed by atoms with E-state index in [1.807, 2.05) is 0 Å². The minimum Gasteiger partial charge on any atom is -0.411 e. The highest BCUT2D eigenvalue weighted by Crippen LogP contribution is 2.25. The van der Waals surface area contributed by atoms with Crippen molar-refractivity contribution in [2.24, 2.45) is 0 Å². The topological polar surface area (TPSA) is 80.9 Å². The summed E-state index contributed by atoms with van der Waals surface area (Å²) in [5.41, 5.74) is 0.479. The van der Waals surface area contributed by atoms with Crippen LogP contribution in [0.2, 0.25) is 0 Å². The van der Waals surface area contributed by atoms with E-state index in [4.69, 9.17) is 4.42 Å². The van der Waals surface area contributed by atoms with Crippen molar-refractivity contribution in [1.82, 2.24) is 15.2 Å². The molecule has 0 atom stereocenters. The SMILES string of the molecule is O=C(CSc1nnc(-c2cccc(F)c2)o1)Nc1ncc(Br)cc1Br. The van der Waals surface area contributed by atoms with Crippen molar-refractivity contribution in [3.05, 3.63) is 51.3 Å². The summed E-state index contributed by atoms with van der Waals surface area (Å²) in [5, 5.41) is 10.6. The summed E-state index contributed by atoms with van der Waals surface area (Å²) in [6.45, 7) is 0. The van der Waals surface area contributed by atoms with E-state index in [1.165, 1.54) is 12.1 Å². The number of nitrogens with zero attached hydrogens (tertiary/aromatic N) is 3. The van der Waals surface area contributed by atoms with Crippen molar-refractivity contribution >= 4 is 55.3 Å². The second kappa shape index (κ2) is 8.07. The second-order valence-corrected chi connectivity index (χ2v) is 7.40. The van der Waals surface area contributed by atoms with Gasteiger partial charge in [-0.25, -0.2) is 9.37 Å². The van der Waals surface area contributed by atoms with Gasteiger partial charge in [0.2, 0.25) is 11.8 Å². The minimum atomic E-state index is -0.392. The fourth-order valence-corrected chi connectivity index (χ4v) is 3.46. The second-order valence-electron chi connectivity index (χ2n) is 4.70. The van der Waals surface area contributed by atoms with Gasteiger partial charge in [0.15, 0.2) is 0 Å². The molecule has 1 aromatic carbocycles. The molecule has 2 aromatic heterocycles. The van der Waals surface area contributed by atoms with Crippen molar-refractivity contribution in [3.8, 4) is 11.5 Å². The predicted molar refractivity (Wildman–Crippen MR) is 98.7 cm³/mol. The molecule has 6 nitrogen and oxygen atoms in total. The number of halogens is 3. The summed E-state index contributed by atoms with van der Waals surface area (Å²) in [6, 6.07) is 7.62. The number of hydrogen-bond donors (Lipinski definition) is 1. The number of carbonyl (C=O) groups excluding carboxylic acids is 1. The van der Waals surface area contributed by atoms with Crippen LogP contribution in [0.1, 0.15) is 0 Å². The smallest absolute Gasteiger partial charge is 0.277 e. The van der Waals surface area contributed by atoms with Crippen molar-refractivity contribution in [3.63, 3.8) is 0 Å². The predicted octanol–water partition coefficient (Wildman–Crippen LogP) is 4.53. The molecule has 0 fully saturated rings. The van der Waals surface area contributed by atoms with Gasteiger partial charge in [0.1, 0.15) is 11.6 Å². The summed E-state index contributed by atoms with van der Waals surface area (Å²) < 4.78 is 20.1. The average molecular weight is 488 g/mol.